The molecule has 0 aliphatic heterocycles. The zero-order valence-corrected chi connectivity index (χ0v) is 15.3. The van der Waals surface area contributed by atoms with Gasteiger partial charge in [-0.3, -0.25) is 9.19 Å². The average Bonchev–Trinajstić information content (AvgIpc) is 3.15. The Hall–Kier alpha value is -3.12. The van der Waals surface area contributed by atoms with Crippen LogP contribution in [-0.2, 0) is 10.8 Å². The Bertz CT molecular complexity index is 1090. The molecule has 1 N–H and O–H groups in total. The molecule has 0 amide bonds. The van der Waals surface area contributed by atoms with E-state index in [0.717, 1.165) is 33.0 Å². The molecule has 1 unspecified atom stereocenters. The van der Waals surface area contributed by atoms with Gasteiger partial charge in [0.2, 0.25) is 0 Å². The third-order valence-corrected chi connectivity index (χ3v) is 5.17. The molecule has 0 spiro atoms. The van der Waals surface area contributed by atoms with E-state index in [1.54, 1.807) is 30.8 Å². The highest BCUT2D eigenvalue weighted by atomic mass is 32.2. The van der Waals surface area contributed by atoms with Gasteiger partial charge in [0, 0.05) is 51.0 Å². The number of aromatic amines is 1. The van der Waals surface area contributed by atoms with Gasteiger partial charge in [-0.05, 0) is 48.5 Å². The largest absolute Gasteiger partial charge is 0.337 e. The smallest absolute Gasteiger partial charge is 0.138 e. The third-order valence-electron chi connectivity index (χ3n) is 4.23. The maximum atomic E-state index is 13.3. The highest BCUT2D eigenvalue weighted by Crippen LogP contribution is 2.32. The number of pyridine rings is 1. The molecule has 0 saturated heterocycles. The zero-order chi connectivity index (χ0) is 18.8. The molecule has 0 aliphatic carbocycles. The van der Waals surface area contributed by atoms with Gasteiger partial charge in [0.15, 0.2) is 0 Å². The lowest BCUT2D eigenvalue weighted by Gasteiger charge is -2.02. The molecule has 4 nitrogen and oxygen atoms in total. The van der Waals surface area contributed by atoms with E-state index in [0.29, 0.717) is 5.82 Å². The number of imidazole rings is 1. The summed E-state index contributed by atoms with van der Waals surface area (Å²) in [6.07, 6.45) is 5.10. The Labute approximate surface area is 158 Å². The maximum Gasteiger partial charge on any atom is 0.138 e. The van der Waals surface area contributed by atoms with Gasteiger partial charge in [0.25, 0.3) is 0 Å². The molecular formula is C21H16FN3OS. The summed E-state index contributed by atoms with van der Waals surface area (Å²) < 4.78 is 24.9. The van der Waals surface area contributed by atoms with Gasteiger partial charge >= 0.3 is 0 Å². The molecule has 0 fully saturated rings. The van der Waals surface area contributed by atoms with Crippen LogP contribution >= 0.6 is 0 Å². The highest BCUT2D eigenvalue weighted by Gasteiger charge is 2.15. The normalized spacial score (nSPS) is 12.1. The van der Waals surface area contributed by atoms with Gasteiger partial charge < -0.3 is 4.98 Å². The zero-order valence-electron chi connectivity index (χ0n) is 14.5. The number of aromatic nitrogens is 3. The Morgan fingerprint density at radius 2 is 1.63 bits per heavy atom. The standard InChI is InChI=1S/C21H16FN3OS/c1-27(26)18-10-6-15(7-11-18)21-24-19(14-4-8-17(22)9-5-14)20(25-21)16-3-2-12-23-13-16/h2-13H,1H3,(H,24,25). The molecule has 6 heteroatoms. The van der Waals surface area contributed by atoms with Crippen LogP contribution in [0.4, 0.5) is 4.39 Å². The first-order valence-corrected chi connectivity index (χ1v) is 9.88. The van der Waals surface area contributed by atoms with Crippen LogP contribution in [0, 0.1) is 5.82 Å². The number of nitrogens with zero attached hydrogens (tertiary/aromatic N) is 2. The van der Waals surface area contributed by atoms with Crippen LogP contribution in [0.3, 0.4) is 0 Å². The second-order valence-electron chi connectivity index (χ2n) is 6.04. The van der Waals surface area contributed by atoms with Crippen molar-refractivity contribution in [3.8, 4) is 33.9 Å². The number of hydrogen-bond donors (Lipinski definition) is 1. The van der Waals surface area contributed by atoms with Crippen molar-refractivity contribution in [3.63, 3.8) is 0 Å². The summed E-state index contributed by atoms with van der Waals surface area (Å²) in [4.78, 5) is 13.0. The van der Waals surface area contributed by atoms with E-state index in [2.05, 4.69) is 9.97 Å². The molecule has 1 atom stereocenters. The molecule has 0 saturated carbocycles. The minimum Gasteiger partial charge on any atom is -0.337 e. The fourth-order valence-corrected chi connectivity index (χ4v) is 3.37. The maximum absolute atomic E-state index is 13.3. The molecule has 0 bridgehead atoms. The van der Waals surface area contributed by atoms with Crippen LogP contribution in [0.5, 0.6) is 0 Å². The monoisotopic (exact) mass is 377 g/mol. The molecule has 27 heavy (non-hydrogen) atoms. The lowest BCUT2D eigenvalue weighted by atomic mass is 10.1. The third kappa shape index (κ3) is 3.57. The van der Waals surface area contributed by atoms with Crippen molar-refractivity contribution < 1.29 is 8.60 Å². The molecular weight excluding hydrogens is 361 g/mol. The van der Waals surface area contributed by atoms with E-state index >= 15 is 0 Å². The van der Waals surface area contributed by atoms with Crippen molar-refractivity contribution in [1.29, 1.82) is 0 Å². The number of halogens is 1. The Morgan fingerprint density at radius 3 is 2.26 bits per heavy atom. The quantitative estimate of drug-likeness (QED) is 0.562. The highest BCUT2D eigenvalue weighted by molar-refractivity contribution is 7.84. The van der Waals surface area contributed by atoms with Crippen molar-refractivity contribution in [1.82, 2.24) is 15.0 Å². The summed E-state index contributed by atoms with van der Waals surface area (Å²) >= 11 is 0. The summed E-state index contributed by atoms with van der Waals surface area (Å²) in [5, 5.41) is 0. The summed E-state index contributed by atoms with van der Waals surface area (Å²) in [6.45, 7) is 0. The van der Waals surface area contributed by atoms with Gasteiger partial charge in [-0.25, -0.2) is 9.37 Å². The molecule has 0 radical (unpaired) electrons. The first kappa shape index (κ1) is 17.3. The van der Waals surface area contributed by atoms with E-state index in [9.17, 15) is 8.60 Å². The summed E-state index contributed by atoms with van der Waals surface area (Å²) in [7, 11) is -1.03. The summed E-state index contributed by atoms with van der Waals surface area (Å²) in [6, 6.07) is 17.5. The van der Waals surface area contributed by atoms with Crippen molar-refractivity contribution in [2.24, 2.45) is 0 Å². The molecule has 2 aromatic heterocycles. The van der Waals surface area contributed by atoms with Crippen LogP contribution in [0.1, 0.15) is 0 Å². The number of benzene rings is 2. The molecule has 134 valence electrons. The Morgan fingerprint density at radius 1 is 0.926 bits per heavy atom. The number of hydrogen-bond acceptors (Lipinski definition) is 3. The van der Waals surface area contributed by atoms with Gasteiger partial charge in [0.1, 0.15) is 11.6 Å². The van der Waals surface area contributed by atoms with Crippen LogP contribution in [0.15, 0.2) is 78.0 Å². The Balaban J connectivity index is 1.84. The fourth-order valence-electron chi connectivity index (χ4n) is 2.85. The predicted molar refractivity (Wildman–Crippen MR) is 105 cm³/mol. The topological polar surface area (TPSA) is 58.6 Å². The first-order chi connectivity index (χ1) is 13.1. The van der Waals surface area contributed by atoms with Crippen molar-refractivity contribution in [2.75, 3.05) is 6.26 Å². The van der Waals surface area contributed by atoms with E-state index in [-0.39, 0.29) is 5.82 Å². The van der Waals surface area contributed by atoms with Crippen LogP contribution in [0.25, 0.3) is 33.9 Å². The second-order valence-corrected chi connectivity index (χ2v) is 7.42. The predicted octanol–water partition coefficient (Wildman–Crippen LogP) is 4.68. The molecule has 4 rings (SSSR count). The van der Waals surface area contributed by atoms with Crippen molar-refractivity contribution in [2.45, 2.75) is 4.90 Å². The van der Waals surface area contributed by atoms with Crippen LogP contribution < -0.4 is 0 Å². The van der Waals surface area contributed by atoms with Crippen molar-refractivity contribution >= 4 is 10.8 Å². The van der Waals surface area contributed by atoms with Crippen LogP contribution in [-0.4, -0.2) is 25.4 Å². The lowest BCUT2D eigenvalue weighted by molar-refractivity contribution is 0.628. The van der Waals surface area contributed by atoms with E-state index in [1.807, 2.05) is 36.4 Å². The number of rotatable bonds is 4. The van der Waals surface area contributed by atoms with Gasteiger partial charge in [0.05, 0.1) is 11.4 Å². The average molecular weight is 377 g/mol. The van der Waals surface area contributed by atoms with Gasteiger partial charge in [-0.2, -0.15) is 0 Å². The van der Waals surface area contributed by atoms with E-state index in [1.165, 1.54) is 12.1 Å². The second kappa shape index (κ2) is 7.25. The van der Waals surface area contributed by atoms with Gasteiger partial charge in [-0.15, -0.1) is 0 Å². The number of H-pyrrole nitrogens is 1. The molecule has 4 aromatic rings. The molecule has 0 aliphatic rings. The van der Waals surface area contributed by atoms with Crippen molar-refractivity contribution in [3.05, 3.63) is 78.9 Å². The SMILES string of the molecule is CS(=O)c1ccc(-c2nc(-c3cccnc3)c(-c3ccc(F)cc3)[nH]2)cc1. The molecule has 2 aromatic carbocycles. The van der Waals surface area contributed by atoms with E-state index in [4.69, 9.17) is 4.98 Å². The lowest BCUT2D eigenvalue weighted by Crippen LogP contribution is -1.87. The number of nitrogens with one attached hydrogen (secondary N) is 1. The fraction of sp³-hybridized carbons (Fsp3) is 0.0476. The van der Waals surface area contributed by atoms with Crippen LogP contribution in [0.2, 0.25) is 0 Å². The first-order valence-electron chi connectivity index (χ1n) is 8.32. The van der Waals surface area contributed by atoms with E-state index < -0.39 is 10.8 Å². The minimum absolute atomic E-state index is 0.287. The summed E-state index contributed by atoms with van der Waals surface area (Å²) in [5.41, 5.74) is 4.11. The minimum atomic E-state index is -1.03. The van der Waals surface area contributed by atoms with Gasteiger partial charge in [-0.1, -0.05) is 12.1 Å². The molecule has 2 heterocycles. The summed E-state index contributed by atoms with van der Waals surface area (Å²) in [5.74, 6) is 0.395. The Kier molecular flexibility index (Phi) is 4.64.